The second-order valence-electron chi connectivity index (χ2n) is 6.02. The van der Waals surface area contributed by atoms with Crippen LogP contribution in [0.15, 0.2) is 45.9 Å². The molecule has 0 saturated carbocycles. The number of ether oxygens (including phenoxy) is 1. The van der Waals surface area contributed by atoms with Crippen molar-refractivity contribution >= 4 is 5.57 Å². The molecule has 3 aromatic rings. The van der Waals surface area contributed by atoms with E-state index in [9.17, 15) is 4.79 Å². The van der Waals surface area contributed by atoms with Crippen LogP contribution < -0.4 is 10.5 Å². The van der Waals surface area contributed by atoms with Gasteiger partial charge in [0.05, 0.1) is 24.2 Å². The van der Waals surface area contributed by atoms with Crippen molar-refractivity contribution in [1.29, 1.82) is 0 Å². The van der Waals surface area contributed by atoms with Crippen molar-refractivity contribution in [3.63, 3.8) is 0 Å². The van der Waals surface area contributed by atoms with Crippen molar-refractivity contribution in [3.8, 4) is 17.1 Å². The molecule has 4 rings (SSSR count). The average molecular weight is 336 g/mol. The van der Waals surface area contributed by atoms with E-state index >= 15 is 0 Å². The summed E-state index contributed by atoms with van der Waals surface area (Å²) in [5, 5.41) is 6.22. The minimum Gasteiger partial charge on any atom is -0.474 e. The molecule has 0 radical (unpaired) electrons. The molecule has 126 valence electrons. The summed E-state index contributed by atoms with van der Waals surface area (Å²) >= 11 is 0. The molecule has 0 aliphatic heterocycles. The molecule has 1 aromatic carbocycles. The first kappa shape index (κ1) is 15.3. The van der Waals surface area contributed by atoms with Crippen LogP contribution in [0.4, 0.5) is 0 Å². The summed E-state index contributed by atoms with van der Waals surface area (Å²) in [7, 11) is 0. The van der Waals surface area contributed by atoms with Crippen LogP contribution in [-0.2, 0) is 6.42 Å². The Balaban J connectivity index is 1.72. The highest BCUT2D eigenvalue weighted by molar-refractivity contribution is 5.83. The number of benzene rings is 1. The third-order valence-corrected chi connectivity index (χ3v) is 3.86. The number of fused-ring (bicyclic) bond motifs is 1. The van der Waals surface area contributed by atoms with Crippen LogP contribution in [0.25, 0.3) is 16.8 Å². The summed E-state index contributed by atoms with van der Waals surface area (Å²) in [5.41, 5.74) is 4.55. The molecule has 7 nitrogen and oxygen atoms in total. The molecule has 2 heterocycles. The number of nitrogens with one attached hydrogen (secondary N) is 1. The fourth-order valence-electron chi connectivity index (χ4n) is 2.82. The quantitative estimate of drug-likeness (QED) is 0.787. The van der Waals surface area contributed by atoms with E-state index < -0.39 is 5.76 Å². The van der Waals surface area contributed by atoms with E-state index in [2.05, 4.69) is 20.2 Å². The molecule has 1 aliphatic carbocycles. The summed E-state index contributed by atoms with van der Waals surface area (Å²) in [6.07, 6.45) is 6.09. The smallest absolute Gasteiger partial charge is 0.434 e. The number of rotatable bonds is 4. The predicted octanol–water partition coefficient (Wildman–Crippen LogP) is 2.59. The van der Waals surface area contributed by atoms with E-state index in [-0.39, 0.29) is 6.10 Å². The Kier molecular flexibility index (Phi) is 3.68. The Hall–Kier alpha value is -3.22. The molecular formula is C18H16N4O3. The lowest BCUT2D eigenvalue weighted by molar-refractivity contribution is 0.232. The SMILES string of the molecule is CC(C)Oc1cncc(-c2ccc3c(c2)C(c2n[nH]c(=O)o2)=CC3)n1. The standard InChI is InChI=1S/C18H16N4O3/c1-10(2)24-16-9-19-8-15(20-16)12-4-3-11-5-6-13(14(11)7-12)17-21-22-18(23)25-17/h3-4,6-10H,5H2,1-2H3,(H,22,23). The fourth-order valence-corrected chi connectivity index (χ4v) is 2.82. The van der Waals surface area contributed by atoms with Gasteiger partial charge in [-0.25, -0.2) is 14.9 Å². The molecule has 0 amide bonds. The van der Waals surface area contributed by atoms with E-state index in [0.29, 0.717) is 11.8 Å². The van der Waals surface area contributed by atoms with Crippen molar-refractivity contribution in [2.45, 2.75) is 26.4 Å². The molecule has 0 fully saturated rings. The molecule has 0 unspecified atom stereocenters. The fraction of sp³-hybridized carbons (Fsp3) is 0.222. The van der Waals surface area contributed by atoms with E-state index in [1.807, 2.05) is 38.1 Å². The Morgan fingerprint density at radius 1 is 1.28 bits per heavy atom. The average Bonchev–Trinajstić information content (AvgIpc) is 3.19. The molecule has 7 heteroatoms. The van der Waals surface area contributed by atoms with Gasteiger partial charge in [-0.05, 0) is 37.5 Å². The third-order valence-electron chi connectivity index (χ3n) is 3.86. The highest BCUT2D eigenvalue weighted by Crippen LogP contribution is 2.34. The van der Waals surface area contributed by atoms with Crippen molar-refractivity contribution < 1.29 is 9.15 Å². The lowest BCUT2D eigenvalue weighted by Gasteiger charge is -2.10. The van der Waals surface area contributed by atoms with Gasteiger partial charge in [0.1, 0.15) is 0 Å². The van der Waals surface area contributed by atoms with Crippen molar-refractivity contribution in [3.05, 3.63) is 64.2 Å². The second kappa shape index (κ2) is 6.01. The largest absolute Gasteiger partial charge is 0.474 e. The Bertz CT molecular complexity index is 1020. The molecule has 0 bridgehead atoms. The first-order valence-electron chi connectivity index (χ1n) is 7.98. The van der Waals surface area contributed by atoms with Gasteiger partial charge >= 0.3 is 5.76 Å². The van der Waals surface area contributed by atoms with Crippen molar-refractivity contribution in [2.24, 2.45) is 0 Å². The van der Waals surface area contributed by atoms with Crippen molar-refractivity contribution in [2.75, 3.05) is 0 Å². The first-order valence-corrected chi connectivity index (χ1v) is 7.98. The summed E-state index contributed by atoms with van der Waals surface area (Å²) in [6.45, 7) is 3.89. The number of aromatic nitrogens is 4. The Labute approximate surface area is 143 Å². The third kappa shape index (κ3) is 2.96. The van der Waals surface area contributed by atoms with Gasteiger partial charge in [0.25, 0.3) is 0 Å². The Morgan fingerprint density at radius 3 is 2.92 bits per heavy atom. The summed E-state index contributed by atoms with van der Waals surface area (Å²) in [5.74, 6) is 0.218. The molecule has 2 aromatic heterocycles. The number of allylic oxidation sites excluding steroid dienone is 1. The second-order valence-corrected chi connectivity index (χ2v) is 6.02. The lowest BCUT2D eigenvalue weighted by atomic mass is 10.0. The summed E-state index contributed by atoms with van der Waals surface area (Å²) < 4.78 is 10.7. The van der Waals surface area contributed by atoms with Crippen LogP contribution >= 0.6 is 0 Å². The number of hydrogen-bond donors (Lipinski definition) is 1. The number of H-pyrrole nitrogens is 1. The lowest BCUT2D eigenvalue weighted by Crippen LogP contribution is -2.07. The van der Waals surface area contributed by atoms with E-state index in [1.165, 1.54) is 0 Å². The Morgan fingerprint density at radius 2 is 2.16 bits per heavy atom. The number of aromatic amines is 1. The van der Waals surface area contributed by atoms with E-state index in [1.54, 1.807) is 12.4 Å². The zero-order valence-corrected chi connectivity index (χ0v) is 13.8. The summed E-state index contributed by atoms with van der Waals surface area (Å²) in [6, 6.07) is 6.04. The van der Waals surface area contributed by atoms with E-state index in [0.717, 1.165) is 34.4 Å². The topological polar surface area (TPSA) is 93.9 Å². The molecule has 1 aliphatic rings. The van der Waals surface area contributed by atoms with Gasteiger partial charge in [-0.3, -0.25) is 4.98 Å². The number of nitrogens with zero attached hydrogens (tertiary/aromatic N) is 3. The maximum Gasteiger partial charge on any atom is 0.434 e. The molecule has 0 saturated heterocycles. The molecule has 1 N–H and O–H groups in total. The van der Waals surface area contributed by atoms with Crippen LogP contribution in [0.1, 0.15) is 30.9 Å². The normalized spacial score (nSPS) is 13.0. The number of hydrogen-bond acceptors (Lipinski definition) is 6. The van der Waals surface area contributed by atoms with Crippen molar-refractivity contribution in [1.82, 2.24) is 20.2 Å². The minimum atomic E-state index is -0.565. The van der Waals surface area contributed by atoms with Crippen LogP contribution in [-0.4, -0.2) is 26.3 Å². The molecule has 25 heavy (non-hydrogen) atoms. The van der Waals surface area contributed by atoms with Crippen LogP contribution in [0.2, 0.25) is 0 Å². The highest BCUT2D eigenvalue weighted by Gasteiger charge is 2.20. The van der Waals surface area contributed by atoms with Gasteiger partial charge in [-0.1, -0.05) is 18.2 Å². The molecule has 0 spiro atoms. The van der Waals surface area contributed by atoms with Gasteiger partial charge in [-0.15, -0.1) is 5.10 Å². The molecule has 0 atom stereocenters. The van der Waals surface area contributed by atoms with E-state index in [4.69, 9.17) is 9.15 Å². The van der Waals surface area contributed by atoms with Gasteiger partial charge in [0.15, 0.2) is 0 Å². The highest BCUT2D eigenvalue weighted by atomic mass is 16.5. The molecular weight excluding hydrogens is 320 g/mol. The maximum absolute atomic E-state index is 11.2. The van der Waals surface area contributed by atoms with Gasteiger partial charge in [0, 0.05) is 11.1 Å². The zero-order chi connectivity index (χ0) is 17.4. The zero-order valence-electron chi connectivity index (χ0n) is 13.8. The predicted molar refractivity (Wildman–Crippen MR) is 91.1 cm³/mol. The minimum absolute atomic E-state index is 0.0293. The van der Waals surface area contributed by atoms with Crippen LogP contribution in [0.5, 0.6) is 5.88 Å². The van der Waals surface area contributed by atoms with Gasteiger partial charge in [0.2, 0.25) is 11.8 Å². The van der Waals surface area contributed by atoms with Gasteiger partial charge < -0.3 is 9.15 Å². The first-order chi connectivity index (χ1) is 12.1. The monoisotopic (exact) mass is 336 g/mol. The van der Waals surface area contributed by atoms with Gasteiger partial charge in [-0.2, -0.15) is 0 Å². The van der Waals surface area contributed by atoms with Crippen LogP contribution in [0.3, 0.4) is 0 Å². The summed E-state index contributed by atoms with van der Waals surface area (Å²) in [4.78, 5) is 19.9. The van der Waals surface area contributed by atoms with Crippen LogP contribution in [0, 0.1) is 0 Å². The maximum atomic E-state index is 11.2.